The van der Waals surface area contributed by atoms with Gasteiger partial charge in [-0.15, -0.1) is 12.4 Å². The van der Waals surface area contributed by atoms with Crippen molar-refractivity contribution in [2.45, 2.75) is 13.8 Å². The van der Waals surface area contributed by atoms with E-state index in [-0.39, 0.29) is 25.1 Å². The van der Waals surface area contributed by atoms with Crippen molar-refractivity contribution < 1.29 is 14.3 Å². The number of carbonyl (C=O) groups is 1. The number of amides is 1. The molecule has 0 fully saturated rings. The highest BCUT2D eigenvalue weighted by Crippen LogP contribution is 2.40. The van der Waals surface area contributed by atoms with Crippen molar-refractivity contribution in [2.24, 2.45) is 0 Å². The Morgan fingerprint density at radius 2 is 1.87 bits per heavy atom. The lowest BCUT2D eigenvalue weighted by Gasteiger charge is -2.24. The summed E-state index contributed by atoms with van der Waals surface area (Å²) in [6.45, 7) is 7.62. The van der Waals surface area contributed by atoms with Crippen molar-refractivity contribution in [3.63, 3.8) is 0 Å². The average Bonchev–Trinajstić information content (AvgIpc) is 3.34. The largest absolute Gasteiger partial charge is 0.454 e. The highest BCUT2D eigenvalue weighted by molar-refractivity contribution is 7.22. The lowest BCUT2D eigenvalue weighted by molar-refractivity contribution is 0.0983. The van der Waals surface area contributed by atoms with Crippen molar-refractivity contribution >= 4 is 56.6 Å². The maximum Gasteiger partial charge on any atom is 0.260 e. The van der Waals surface area contributed by atoms with E-state index < -0.39 is 0 Å². The van der Waals surface area contributed by atoms with Gasteiger partial charge in [-0.3, -0.25) is 9.69 Å². The average molecular weight is 468 g/mol. The number of nitrogens with zero attached hydrogens (tertiary/aromatic N) is 3. The molecule has 1 aliphatic heterocycles. The number of ether oxygens (including phenoxy) is 2. The van der Waals surface area contributed by atoms with E-state index in [1.165, 1.54) is 11.3 Å². The number of likely N-dealkylation sites (N-methyl/N-ethyl adjacent to an activating group) is 1. The summed E-state index contributed by atoms with van der Waals surface area (Å²) in [7, 11) is 0. The minimum atomic E-state index is -0.112. The van der Waals surface area contributed by atoms with E-state index in [2.05, 4.69) is 18.7 Å². The number of aromatic nitrogens is 1. The third-order valence-electron chi connectivity index (χ3n) is 4.95. The molecule has 0 radical (unpaired) electrons. The van der Waals surface area contributed by atoms with Gasteiger partial charge in [0.05, 0.1) is 10.2 Å². The summed E-state index contributed by atoms with van der Waals surface area (Å²) in [6, 6.07) is 10.8. The van der Waals surface area contributed by atoms with Gasteiger partial charge in [0.25, 0.3) is 5.91 Å². The Balaban J connectivity index is 0.00000256. The smallest absolute Gasteiger partial charge is 0.260 e. The van der Waals surface area contributed by atoms with Gasteiger partial charge in [0.1, 0.15) is 0 Å². The number of halogens is 2. The molecule has 1 amide bonds. The van der Waals surface area contributed by atoms with Crippen LogP contribution < -0.4 is 14.4 Å². The van der Waals surface area contributed by atoms with Crippen LogP contribution in [-0.2, 0) is 0 Å². The van der Waals surface area contributed by atoms with Gasteiger partial charge in [0.15, 0.2) is 16.6 Å². The van der Waals surface area contributed by atoms with E-state index in [4.69, 9.17) is 26.1 Å². The molecule has 30 heavy (non-hydrogen) atoms. The first-order valence-electron chi connectivity index (χ1n) is 9.59. The quantitative estimate of drug-likeness (QED) is 0.484. The molecule has 9 heteroatoms. The standard InChI is InChI=1S/C21H22ClN3O3S.ClH/c1-3-24(4-2)8-9-25(20(26)14-6-5-7-15(22)10-14)21-23-16-11-17-18(28-13-27-17)12-19(16)29-21;/h5-7,10-12H,3-4,8-9,13H2,1-2H3;1H. The van der Waals surface area contributed by atoms with Gasteiger partial charge in [-0.25, -0.2) is 4.98 Å². The molecule has 0 unspecified atom stereocenters. The molecule has 1 aromatic heterocycles. The summed E-state index contributed by atoms with van der Waals surface area (Å²) in [5, 5.41) is 1.19. The molecule has 0 bridgehead atoms. The molecule has 160 valence electrons. The van der Waals surface area contributed by atoms with Crippen molar-refractivity contribution in [1.82, 2.24) is 9.88 Å². The highest BCUT2D eigenvalue weighted by atomic mass is 35.5. The third kappa shape index (κ3) is 4.64. The molecule has 0 N–H and O–H groups in total. The van der Waals surface area contributed by atoms with Crippen LogP contribution in [0.3, 0.4) is 0 Å². The summed E-state index contributed by atoms with van der Waals surface area (Å²) in [6.07, 6.45) is 0. The van der Waals surface area contributed by atoms with Gasteiger partial charge in [-0.05, 0) is 31.3 Å². The number of anilines is 1. The maximum atomic E-state index is 13.3. The maximum absolute atomic E-state index is 13.3. The molecule has 6 nitrogen and oxygen atoms in total. The molecule has 0 spiro atoms. The van der Waals surface area contributed by atoms with E-state index in [1.807, 2.05) is 12.1 Å². The van der Waals surface area contributed by atoms with Crippen molar-refractivity contribution in [1.29, 1.82) is 0 Å². The lowest BCUT2D eigenvalue weighted by atomic mass is 10.2. The van der Waals surface area contributed by atoms with Gasteiger partial charge in [0, 0.05) is 35.8 Å². The second kappa shape index (κ2) is 9.83. The number of rotatable bonds is 7. The molecule has 2 heterocycles. The Kier molecular flexibility index (Phi) is 7.41. The van der Waals surface area contributed by atoms with Crippen molar-refractivity contribution in [3.8, 4) is 11.5 Å². The summed E-state index contributed by atoms with van der Waals surface area (Å²) in [5.74, 6) is 1.28. The topological polar surface area (TPSA) is 54.9 Å². The SMILES string of the molecule is CCN(CC)CCN(C(=O)c1cccc(Cl)c1)c1nc2cc3c(cc2s1)OCO3.Cl. The molecule has 1 aliphatic rings. The summed E-state index contributed by atoms with van der Waals surface area (Å²) in [5.41, 5.74) is 1.34. The van der Waals surface area contributed by atoms with Crippen molar-refractivity contribution in [3.05, 3.63) is 47.0 Å². The molecule has 2 aromatic carbocycles. The summed E-state index contributed by atoms with van der Waals surface area (Å²) in [4.78, 5) is 22.1. The van der Waals surface area contributed by atoms with E-state index in [0.29, 0.717) is 33.8 Å². The van der Waals surface area contributed by atoms with Crippen LogP contribution in [0.5, 0.6) is 11.5 Å². The molecule has 0 aliphatic carbocycles. The second-order valence-corrected chi connectivity index (χ2v) is 8.11. The number of fused-ring (bicyclic) bond motifs is 2. The molecule has 0 atom stereocenters. The Bertz CT molecular complexity index is 999. The Morgan fingerprint density at radius 3 is 2.57 bits per heavy atom. The van der Waals surface area contributed by atoms with Gasteiger partial charge in [0.2, 0.25) is 6.79 Å². The fraction of sp³-hybridized carbons (Fsp3) is 0.333. The fourth-order valence-electron chi connectivity index (χ4n) is 3.26. The summed E-state index contributed by atoms with van der Waals surface area (Å²) < 4.78 is 11.9. The first-order chi connectivity index (χ1) is 14.1. The van der Waals surface area contributed by atoms with Crippen LogP contribution >= 0.6 is 35.3 Å². The summed E-state index contributed by atoms with van der Waals surface area (Å²) >= 11 is 7.59. The number of hydrogen-bond donors (Lipinski definition) is 0. The van der Waals surface area contributed by atoms with E-state index >= 15 is 0 Å². The highest BCUT2D eigenvalue weighted by Gasteiger charge is 2.24. The van der Waals surface area contributed by atoms with E-state index in [0.717, 1.165) is 29.9 Å². The van der Waals surface area contributed by atoms with Crippen molar-refractivity contribution in [2.75, 3.05) is 37.9 Å². The first kappa shape index (κ1) is 22.6. The zero-order valence-electron chi connectivity index (χ0n) is 16.8. The van der Waals surface area contributed by atoms with E-state index in [1.54, 1.807) is 29.2 Å². The van der Waals surface area contributed by atoms with Crippen LogP contribution in [0.1, 0.15) is 24.2 Å². The van der Waals surface area contributed by atoms with E-state index in [9.17, 15) is 4.79 Å². The zero-order chi connectivity index (χ0) is 20.4. The molecular weight excluding hydrogens is 445 g/mol. The van der Waals surface area contributed by atoms with Gasteiger partial charge < -0.3 is 14.4 Å². The Labute approximate surface area is 190 Å². The zero-order valence-corrected chi connectivity index (χ0v) is 19.1. The van der Waals surface area contributed by atoms with Crippen LogP contribution in [-0.4, -0.2) is 48.8 Å². The fourth-order valence-corrected chi connectivity index (χ4v) is 4.45. The van der Waals surface area contributed by atoms with Crippen LogP contribution in [0, 0.1) is 0 Å². The molecule has 0 saturated carbocycles. The predicted octanol–water partition coefficient (Wildman–Crippen LogP) is 5.09. The van der Waals surface area contributed by atoms with Crippen LogP contribution in [0.4, 0.5) is 5.13 Å². The number of hydrogen-bond acceptors (Lipinski definition) is 6. The lowest BCUT2D eigenvalue weighted by Crippen LogP contribution is -2.38. The molecule has 0 saturated heterocycles. The first-order valence-corrected chi connectivity index (χ1v) is 10.8. The Hall–Kier alpha value is -2.06. The number of thiazole rings is 1. The molecule has 3 aromatic rings. The van der Waals surface area contributed by atoms with Gasteiger partial charge in [-0.2, -0.15) is 0 Å². The second-order valence-electron chi connectivity index (χ2n) is 6.66. The number of benzene rings is 2. The van der Waals surface area contributed by atoms with Crippen LogP contribution in [0.25, 0.3) is 10.2 Å². The minimum Gasteiger partial charge on any atom is -0.454 e. The Morgan fingerprint density at radius 1 is 1.13 bits per heavy atom. The third-order valence-corrected chi connectivity index (χ3v) is 6.23. The van der Waals surface area contributed by atoms with Crippen LogP contribution in [0.15, 0.2) is 36.4 Å². The normalized spacial score (nSPS) is 12.3. The number of carbonyl (C=O) groups excluding carboxylic acids is 1. The predicted molar refractivity (Wildman–Crippen MR) is 124 cm³/mol. The molecular formula is C21H23Cl2N3O3S. The van der Waals surface area contributed by atoms with Crippen LogP contribution in [0.2, 0.25) is 5.02 Å². The monoisotopic (exact) mass is 467 g/mol. The van der Waals surface area contributed by atoms with Gasteiger partial charge >= 0.3 is 0 Å². The minimum absolute atomic E-state index is 0. The molecule has 4 rings (SSSR count). The van der Waals surface area contributed by atoms with Gasteiger partial charge in [-0.1, -0.05) is 42.9 Å².